The average molecular weight is 433 g/mol. The molecule has 0 radical (unpaired) electrons. The predicted molar refractivity (Wildman–Crippen MR) is 114 cm³/mol. The highest BCUT2D eigenvalue weighted by Crippen LogP contribution is 2.50. The summed E-state index contributed by atoms with van der Waals surface area (Å²) in [5, 5.41) is 2.69. The van der Waals surface area contributed by atoms with Crippen molar-refractivity contribution in [3.05, 3.63) is 51.7 Å². The van der Waals surface area contributed by atoms with Gasteiger partial charge in [0, 0.05) is 47.9 Å². The SMILES string of the molecule is CC(C)(Oc1ccc(Cl)cc1)C(=O)N1CCN(C(=O)C2CC2c2cccs2)CC1. The summed E-state index contributed by atoms with van der Waals surface area (Å²) >= 11 is 7.63. The third-order valence-electron chi connectivity index (χ3n) is 5.60. The fourth-order valence-corrected chi connectivity index (χ4v) is 4.90. The molecule has 1 aromatic carbocycles. The number of benzene rings is 1. The number of halogens is 1. The van der Waals surface area contributed by atoms with E-state index in [0.717, 1.165) is 6.42 Å². The summed E-state index contributed by atoms with van der Waals surface area (Å²) in [6.07, 6.45) is 0.945. The molecule has 2 aromatic rings. The van der Waals surface area contributed by atoms with Crippen molar-refractivity contribution < 1.29 is 14.3 Å². The highest BCUT2D eigenvalue weighted by Gasteiger charge is 2.47. The minimum absolute atomic E-state index is 0.0672. The molecule has 2 fully saturated rings. The molecule has 2 aliphatic rings. The van der Waals surface area contributed by atoms with Gasteiger partial charge in [-0.15, -0.1) is 11.3 Å². The maximum absolute atomic E-state index is 13.0. The summed E-state index contributed by atoms with van der Waals surface area (Å²) < 4.78 is 5.92. The standard InChI is InChI=1S/C22H25ClN2O3S/c1-22(2,28-16-7-5-15(23)6-8-16)21(27)25-11-9-24(10-12-25)20(26)18-14-17(18)19-4-3-13-29-19/h3-8,13,17-18H,9-12,14H2,1-2H3. The summed E-state index contributed by atoms with van der Waals surface area (Å²) in [5.74, 6) is 1.26. The van der Waals surface area contributed by atoms with E-state index < -0.39 is 5.60 Å². The number of carbonyl (C=O) groups excluding carboxylic acids is 2. The first kappa shape index (κ1) is 20.2. The number of piperazine rings is 1. The molecule has 5 nitrogen and oxygen atoms in total. The largest absolute Gasteiger partial charge is 0.478 e. The minimum atomic E-state index is -0.985. The normalized spacial score (nSPS) is 21.8. The van der Waals surface area contributed by atoms with Crippen molar-refractivity contribution in [2.75, 3.05) is 26.2 Å². The van der Waals surface area contributed by atoms with E-state index in [0.29, 0.717) is 42.9 Å². The van der Waals surface area contributed by atoms with Gasteiger partial charge in [-0.25, -0.2) is 0 Å². The fraction of sp³-hybridized carbons (Fsp3) is 0.455. The lowest BCUT2D eigenvalue weighted by Crippen LogP contribution is -2.56. The van der Waals surface area contributed by atoms with Gasteiger partial charge >= 0.3 is 0 Å². The highest BCUT2D eigenvalue weighted by molar-refractivity contribution is 7.10. The zero-order chi connectivity index (χ0) is 20.6. The molecule has 4 rings (SSSR count). The number of rotatable bonds is 5. The highest BCUT2D eigenvalue weighted by atomic mass is 35.5. The second-order valence-corrected chi connectivity index (χ2v) is 9.56. The summed E-state index contributed by atoms with van der Waals surface area (Å²) in [4.78, 5) is 30.8. The number of thiophene rings is 1. The second kappa shape index (κ2) is 8.00. The Bertz CT molecular complexity index is 874. The van der Waals surface area contributed by atoms with Crippen LogP contribution in [0.1, 0.15) is 31.1 Å². The lowest BCUT2D eigenvalue weighted by molar-refractivity contribution is -0.150. The molecule has 0 N–H and O–H groups in total. The Morgan fingerprint density at radius 1 is 1.07 bits per heavy atom. The smallest absolute Gasteiger partial charge is 0.266 e. The van der Waals surface area contributed by atoms with Gasteiger partial charge in [-0.3, -0.25) is 9.59 Å². The molecule has 2 amide bonds. The first-order chi connectivity index (χ1) is 13.8. The first-order valence-electron chi connectivity index (χ1n) is 9.91. The van der Waals surface area contributed by atoms with Crippen LogP contribution in [-0.2, 0) is 9.59 Å². The van der Waals surface area contributed by atoms with Crippen LogP contribution in [0.2, 0.25) is 5.02 Å². The van der Waals surface area contributed by atoms with Gasteiger partial charge in [-0.2, -0.15) is 0 Å². The number of hydrogen-bond acceptors (Lipinski definition) is 4. The predicted octanol–water partition coefficient (Wildman–Crippen LogP) is 4.03. The maximum atomic E-state index is 13.0. The zero-order valence-electron chi connectivity index (χ0n) is 16.6. The van der Waals surface area contributed by atoms with Crippen LogP contribution in [0.25, 0.3) is 0 Å². The van der Waals surface area contributed by atoms with Gasteiger partial charge in [-0.1, -0.05) is 17.7 Å². The quantitative estimate of drug-likeness (QED) is 0.716. The molecule has 2 unspecified atom stereocenters. The van der Waals surface area contributed by atoms with E-state index in [4.69, 9.17) is 16.3 Å². The molecule has 1 aromatic heterocycles. The third kappa shape index (κ3) is 4.43. The number of hydrogen-bond donors (Lipinski definition) is 0. The van der Waals surface area contributed by atoms with Gasteiger partial charge < -0.3 is 14.5 Å². The van der Waals surface area contributed by atoms with Crippen LogP contribution < -0.4 is 4.74 Å². The minimum Gasteiger partial charge on any atom is -0.478 e. The summed E-state index contributed by atoms with van der Waals surface area (Å²) in [7, 11) is 0. The summed E-state index contributed by atoms with van der Waals surface area (Å²) in [6.45, 7) is 5.78. The van der Waals surface area contributed by atoms with Gasteiger partial charge in [0.05, 0.1) is 0 Å². The lowest BCUT2D eigenvalue weighted by atomic mass is 10.1. The van der Waals surface area contributed by atoms with Gasteiger partial charge in [0.2, 0.25) is 5.91 Å². The number of carbonyl (C=O) groups is 2. The Morgan fingerprint density at radius 3 is 2.34 bits per heavy atom. The van der Waals surface area contributed by atoms with E-state index in [1.54, 1.807) is 54.3 Å². The summed E-state index contributed by atoms with van der Waals surface area (Å²) in [6, 6.07) is 11.1. The van der Waals surface area contributed by atoms with Crippen LogP contribution in [0.3, 0.4) is 0 Å². The molecule has 1 saturated carbocycles. The van der Waals surface area contributed by atoms with Crippen molar-refractivity contribution in [2.24, 2.45) is 5.92 Å². The molecule has 1 aliphatic carbocycles. The van der Waals surface area contributed by atoms with Crippen LogP contribution >= 0.6 is 22.9 Å². The van der Waals surface area contributed by atoms with Crippen molar-refractivity contribution in [2.45, 2.75) is 31.8 Å². The van der Waals surface area contributed by atoms with E-state index in [-0.39, 0.29) is 17.7 Å². The summed E-state index contributed by atoms with van der Waals surface area (Å²) in [5.41, 5.74) is -0.985. The molecule has 2 atom stereocenters. The molecular formula is C22H25ClN2O3S. The van der Waals surface area contributed by atoms with Crippen LogP contribution in [0.5, 0.6) is 5.75 Å². The lowest BCUT2D eigenvalue weighted by Gasteiger charge is -2.38. The Hall–Kier alpha value is -2.05. The van der Waals surface area contributed by atoms with E-state index >= 15 is 0 Å². The van der Waals surface area contributed by atoms with Crippen molar-refractivity contribution in [1.82, 2.24) is 9.80 Å². The van der Waals surface area contributed by atoms with Gasteiger partial charge in [-0.05, 0) is 56.0 Å². The molecule has 7 heteroatoms. The number of amides is 2. The van der Waals surface area contributed by atoms with Crippen molar-refractivity contribution in [3.63, 3.8) is 0 Å². The van der Waals surface area contributed by atoms with E-state index in [1.807, 2.05) is 11.0 Å². The molecule has 2 heterocycles. The third-order valence-corrected chi connectivity index (χ3v) is 6.85. The van der Waals surface area contributed by atoms with Gasteiger partial charge in [0.15, 0.2) is 5.60 Å². The van der Waals surface area contributed by atoms with Crippen LogP contribution in [0.15, 0.2) is 41.8 Å². The second-order valence-electron chi connectivity index (χ2n) is 8.15. The van der Waals surface area contributed by atoms with E-state index in [9.17, 15) is 9.59 Å². The van der Waals surface area contributed by atoms with Crippen molar-refractivity contribution in [3.8, 4) is 5.75 Å². The average Bonchev–Trinajstić information content (AvgIpc) is 3.33. The maximum Gasteiger partial charge on any atom is 0.266 e. The van der Waals surface area contributed by atoms with Gasteiger partial charge in [0.25, 0.3) is 5.91 Å². The molecule has 1 aliphatic heterocycles. The van der Waals surface area contributed by atoms with Crippen LogP contribution in [-0.4, -0.2) is 53.4 Å². The number of nitrogens with zero attached hydrogens (tertiary/aromatic N) is 2. The van der Waals surface area contributed by atoms with E-state index in [1.165, 1.54) is 4.88 Å². The van der Waals surface area contributed by atoms with Crippen LogP contribution in [0.4, 0.5) is 0 Å². The number of ether oxygens (including phenoxy) is 1. The topological polar surface area (TPSA) is 49.9 Å². The Morgan fingerprint density at radius 2 is 1.72 bits per heavy atom. The first-order valence-corrected chi connectivity index (χ1v) is 11.2. The molecule has 1 saturated heterocycles. The van der Waals surface area contributed by atoms with Crippen molar-refractivity contribution >= 4 is 34.8 Å². The van der Waals surface area contributed by atoms with Gasteiger partial charge in [0.1, 0.15) is 5.75 Å². The Labute approximate surface area is 180 Å². The van der Waals surface area contributed by atoms with Crippen LogP contribution in [0, 0.1) is 5.92 Å². The zero-order valence-corrected chi connectivity index (χ0v) is 18.2. The fourth-order valence-electron chi connectivity index (χ4n) is 3.87. The monoisotopic (exact) mass is 432 g/mol. The van der Waals surface area contributed by atoms with Crippen molar-refractivity contribution in [1.29, 1.82) is 0 Å². The van der Waals surface area contributed by atoms with E-state index in [2.05, 4.69) is 11.4 Å². The molecule has 154 valence electrons. The Balaban J connectivity index is 1.30. The molecular weight excluding hydrogens is 408 g/mol. The Kier molecular flexibility index (Phi) is 5.58. The molecule has 0 bridgehead atoms. The molecule has 0 spiro atoms. The molecule has 29 heavy (non-hydrogen) atoms.